The van der Waals surface area contributed by atoms with Crippen molar-refractivity contribution in [2.45, 2.75) is 72.1 Å². The molecule has 3 aromatic rings. The minimum absolute atomic E-state index is 0.176. The zero-order valence-corrected chi connectivity index (χ0v) is 24.5. The lowest BCUT2D eigenvalue weighted by Crippen LogP contribution is -2.31. The molecule has 0 aliphatic carbocycles. The second kappa shape index (κ2) is 14.6. The van der Waals surface area contributed by atoms with Gasteiger partial charge in [-0.1, -0.05) is 90.3 Å². The first-order valence-electron chi connectivity index (χ1n) is 13.7. The van der Waals surface area contributed by atoms with Gasteiger partial charge in [0.05, 0.1) is 6.61 Å². The van der Waals surface area contributed by atoms with Crippen LogP contribution >= 0.6 is 7.75 Å². The minimum Gasteiger partial charge on any atom is -0.494 e. The highest BCUT2D eigenvalue weighted by molar-refractivity contribution is 7.53. The summed E-state index contributed by atoms with van der Waals surface area (Å²) in [5, 5.41) is 5.38. The number of para-hydroxylation sites is 2. The molecule has 0 fully saturated rings. The highest BCUT2D eigenvalue weighted by Crippen LogP contribution is 2.45. The normalized spacial score (nSPS) is 12.6. The fourth-order valence-corrected chi connectivity index (χ4v) is 5.33. The van der Waals surface area contributed by atoms with Crippen LogP contribution in [0.4, 0.5) is 10.5 Å². The molecule has 0 aromatic heterocycles. The second-order valence-electron chi connectivity index (χ2n) is 10.1. The second-order valence-corrected chi connectivity index (χ2v) is 11.6. The molecular weight excluding hydrogens is 511 g/mol. The molecule has 8 heteroatoms. The molecule has 0 heterocycles. The monoisotopic (exact) mass is 552 g/mol. The van der Waals surface area contributed by atoms with E-state index in [2.05, 4.69) is 45.0 Å². The third-order valence-corrected chi connectivity index (χ3v) is 7.51. The molecule has 0 bridgehead atoms. The summed E-state index contributed by atoms with van der Waals surface area (Å²) in [5.41, 5.74) is 2.68. The summed E-state index contributed by atoms with van der Waals surface area (Å²) in [6.07, 6.45) is 4.48. The standard InChI is InChI=1S/C31H41N2O5P/c1-6-7-8-12-22-36-25-18-20-27(21-19-25)38-39(35,37-26-14-10-9-11-15-26)33-31(34)32-30-28(23(2)3)16-13-17-29(30)24(4)5/h9-11,13-21,23-24H,6-8,12,22H2,1-5H3,(H2,32,33,34,35). The van der Waals surface area contributed by atoms with Crippen LogP contribution in [0.3, 0.4) is 0 Å². The Labute approximate surface area is 232 Å². The average molecular weight is 553 g/mol. The molecule has 0 saturated carbocycles. The van der Waals surface area contributed by atoms with Crippen molar-refractivity contribution in [2.75, 3.05) is 11.9 Å². The van der Waals surface area contributed by atoms with E-state index in [1.807, 2.05) is 24.3 Å². The van der Waals surface area contributed by atoms with Crippen LogP contribution in [-0.2, 0) is 4.57 Å². The van der Waals surface area contributed by atoms with Gasteiger partial charge in [0.15, 0.2) is 0 Å². The van der Waals surface area contributed by atoms with E-state index < -0.39 is 13.8 Å². The number of carbonyl (C=O) groups excluding carboxylic acids is 1. The number of hydrogen-bond donors (Lipinski definition) is 2. The molecule has 1 atom stereocenters. The molecule has 1 unspecified atom stereocenters. The molecule has 2 amide bonds. The van der Waals surface area contributed by atoms with Crippen molar-refractivity contribution in [1.82, 2.24) is 5.09 Å². The first kappa shape index (κ1) is 30.1. The van der Waals surface area contributed by atoms with Gasteiger partial charge < -0.3 is 19.1 Å². The van der Waals surface area contributed by atoms with E-state index in [1.165, 1.54) is 12.8 Å². The van der Waals surface area contributed by atoms with Crippen molar-refractivity contribution in [2.24, 2.45) is 0 Å². The van der Waals surface area contributed by atoms with Gasteiger partial charge in [-0.25, -0.2) is 14.4 Å². The lowest BCUT2D eigenvalue weighted by Gasteiger charge is -2.23. The molecule has 0 radical (unpaired) electrons. The SMILES string of the molecule is CCCCCCOc1ccc(OP(=O)(NC(=O)Nc2c(C(C)C)cccc2C(C)C)Oc2ccccc2)cc1. The van der Waals surface area contributed by atoms with Gasteiger partial charge in [0.25, 0.3) is 0 Å². The number of amides is 2. The quantitative estimate of drug-likeness (QED) is 0.154. The number of rotatable bonds is 14. The van der Waals surface area contributed by atoms with E-state index in [1.54, 1.807) is 48.5 Å². The van der Waals surface area contributed by atoms with Crippen molar-refractivity contribution in [3.8, 4) is 17.2 Å². The number of anilines is 1. The number of carbonyl (C=O) groups is 1. The Bertz CT molecular complexity index is 1200. The summed E-state index contributed by atoms with van der Waals surface area (Å²) in [6, 6.07) is 20.7. The van der Waals surface area contributed by atoms with Crippen molar-refractivity contribution in [3.05, 3.63) is 83.9 Å². The van der Waals surface area contributed by atoms with Crippen molar-refractivity contribution >= 4 is 19.5 Å². The molecule has 39 heavy (non-hydrogen) atoms. The van der Waals surface area contributed by atoms with Gasteiger partial charge in [0, 0.05) is 5.69 Å². The first-order valence-corrected chi connectivity index (χ1v) is 15.2. The third-order valence-electron chi connectivity index (χ3n) is 6.13. The van der Waals surface area contributed by atoms with Crippen LogP contribution in [0.25, 0.3) is 0 Å². The number of nitrogens with one attached hydrogen (secondary N) is 2. The van der Waals surface area contributed by atoms with Crippen LogP contribution in [0.15, 0.2) is 72.8 Å². The van der Waals surface area contributed by atoms with E-state index >= 15 is 0 Å². The summed E-state index contributed by atoms with van der Waals surface area (Å²) in [7, 11) is -4.19. The Morgan fingerprint density at radius 2 is 1.31 bits per heavy atom. The molecule has 0 aliphatic rings. The van der Waals surface area contributed by atoms with Gasteiger partial charge in [-0.05, 0) is 65.8 Å². The van der Waals surface area contributed by atoms with E-state index in [9.17, 15) is 9.36 Å². The van der Waals surface area contributed by atoms with Crippen LogP contribution in [0.2, 0.25) is 0 Å². The maximum absolute atomic E-state index is 13.9. The zero-order chi connectivity index (χ0) is 28.3. The average Bonchev–Trinajstić information content (AvgIpc) is 2.89. The van der Waals surface area contributed by atoms with Crippen LogP contribution in [0.1, 0.15) is 83.3 Å². The lowest BCUT2D eigenvalue weighted by molar-refractivity contribution is 0.253. The fraction of sp³-hybridized carbons (Fsp3) is 0.387. The van der Waals surface area contributed by atoms with Gasteiger partial charge in [-0.15, -0.1) is 0 Å². The molecule has 0 saturated heterocycles. The maximum atomic E-state index is 13.9. The Kier molecular flexibility index (Phi) is 11.3. The van der Waals surface area contributed by atoms with E-state index in [0.29, 0.717) is 23.8 Å². The summed E-state index contributed by atoms with van der Waals surface area (Å²) < 4.78 is 31.2. The summed E-state index contributed by atoms with van der Waals surface area (Å²) in [4.78, 5) is 13.2. The number of benzene rings is 3. The number of unbranched alkanes of at least 4 members (excludes halogenated alkanes) is 3. The highest BCUT2D eigenvalue weighted by atomic mass is 31.2. The number of hydrogen-bond acceptors (Lipinski definition) is 5. The predicted octanol–water partition coefficient (Wildman–Crippen LogP) is 9.28. The summed E-state index contributed by atoms with van der Waals surface area (Å²) >= 11 is 0. The van der Waals surface area contributed by atoms with Crippen molar-refractivity contribution in [3.63, 3.8) is 0 Å². The molecule has 2 N–H and O–H groups in total. The summed E-state index contributed by atoms with van der Waals surface area (Å²) in [6.45, 7) is 11.1. The maximum Gasteiger partial charge on any atom is 0.545 e. The lowest BCUT2D eigenvalue weighted by atomic mass is 9.93. The Hall–Kier alpha value is -3.44. The van der Waals surface area contributed by atoms with Gasteiger partial charge in [0.1, 0.15) is 17.2 Å². The first-order chi connectivity index (χ1) is 18.7. The number of urea groups is 1. The Morgan fingerprint density at radius 3 is 1.87 bits per heavy atom. The van der Waals surface area contributed by atoms with Gasteiger partial charge in [-0.3, -0.25) is 0 Å². The largest absolute Gasteiger partial charge is 0.545 e. The molecular formula is C31H41N2O5P. The molecule has 3 aromatic carbocycles. The van der Waals surface area contributed by atoms with Crippen molar-refractivity contribution < 1.29 is 23.1 Å². The molecule has 0 aliphatic heterocycles. The van der Waals surface area contributed by atoms with Crippen LogP contribution in [0.5, 0.6) is 17.2 Å². The molecule has 3 rings (SSSR count). The topological polar surface area (TPSA) is 85.9 Å². The van der Waals surface area contributed by atoms with Gasteiger partial charge in [0.2, 0.25) is 0 Å². The molecule has 0 spiro atoms. The number of ether oxygens (including phenoxy) is 1. The highest BCUT2D eigenvalue weighted by Gasteiger charge is 2.32. The smallest absolute Gasteiger partial charge is 0.494 e. The fourth-order valence-electron chi connectivity index (χ4n) is 4.10. The molecule has 7 nitrogen and oxygen atoms in total. The van der Waals surface area contributed by atoms with Crippen molar-refractivity contribution in [1.29, 1.82) is 0 Å². The Morgan fingerprint density at radius 1 is 0.744 bits per heavy atom. The van der Waals surface area contributed by atoms with Crippen LogP contribution in [-0.4, -0.2) is 12.6 Å². The zero-order valence-electron chi connectivity index (χ0n) is 23.6. The summed E-state index contributed by atoms with van der Waals surface area (Å²) in [5.74, 6) is 1.62. The minimum atomic E-state index is -4.19. The van der Waals surface area contributed by atoms with Crippen LogP contribution < -0.4 is 24.2 Å². The Balaban J connectivity index is 1.78. The van der Waals surface area contributed by atoms with E-state index in [4.69, 9.17) is 13.8 Å². The van der Waals surface area contributed by atoms with Crippen LogP contribution in [0, 0.1) is 0 Å². The van der Waals surface area contributed by atoms with Gasteiger partial charge >= 0.3 is 13.8 Å². The molecule has 210 valence electrons. The van der Waals surface area contributed by atoms with E-state index in [-0.39, 0.29) is 17.6 Å². The predicted molar refractivity (Wildman–Crippen MR) is 158 cm³/mol. The van der Waals surface area contributed by atoms with E-state index in [0.717, 1.165) is 24.0 Å². The van der Waals surface area contributed by atoms with Gasteiger partial charge in [-0.2, -0.15) is 0 Å². The third kappa shape index (κ3) is 9.36.